The fraction of sp³-hybridized carbons (Fsp3) is 0.294. The second-order valence-electron chi connectivity index (χ2n) is 5.06. The van der Waals surface area contributed by atoms with Crippen LogP contribution >= 0.6 is 11.6 Å². The fourth-order valence-corrected chi connectivity index (χ4v) is 2.40. The number of methoxy groups -OCH3 is 1. The topological polar surface area (TPSA) is 21.3 Å². The number of halogens is 2. The van der Waals surface area contributed by atoms with E-state index < -0.39 is 0 Å². The van der Waals surface area contributed by atoms with Crippen LogP contribution in [0.3, 0.4) is 0 Å². The molecule has 0 spiro atoms. The number of rotatable bonds is 5. The zero-order valence-corrected chi connectivity index (χ0v) is 13.1. The molecule has 2 aromatic rings. The Balaban J connectivity index is 2.08. The van der Waals surface area contributed by atoms with Crippen LogP contribution in [-0.2, 0) is 0 Å². The van der Waals surface area contributed by atoms with Crippen molar-refractivity contribution in [3.63, 3.8) is 0 Å². The zero-order chi connectivity index (χ0) is 15.4. The first kappa shape index (κ1) is 15.8. The van der Waals surface area contributed by atoms with E-state index in [4.69, 9.17) is 16.3 Å². The predicted molar refractivity (Wildman–Crippen MR) is 84.4 cm³/mol. The molecule has 2 rings (SSSR count). The van der Waals surface area contributed by atoms with Gasteiger partial charge in [0.05, 0.1) is 7.11 Å². The first-order valence-corrected chi connectivity index (χ1v) is 7.24. The Morgan fingerprint density at radius 2 is 1.57 bits per heavy atom. The molecule has 2 aromatic carbocycles. The third kappa shape index (κ3) is 3.96. The smallest absolute Gasteiger partial charge is 0.165 e. The second kappa shape index (κ2) is 6.92. The zero-order valence-electron chi connectivity index (χ0n) is 12.4. The molecule has 0 heterocycles. The quantitative estimate of drug-likeness (QED) is 0.848. The standard InChI is InChI=1S/C17H19ClFNO/c1-11(13-4-7-15(18)8-5-13)20-12(2)14-6-9-17(21-3)16(19)10-14/h4-12,20H,1-3H3/t11-,12?/m0/s1. The molecule has 0 aromatic heterocycles. The molecule has 0 radical (unpaired) electrons. The average Bonchev–Trinajstić information content (AvgIpc) is 2.47. The molecule has 0 aliphatic carbocycles. The summed E-state index contributed by atoms with van der Waals surface area (Å²) in [5.74, 6) is -0.0838. The van der Waals surface area contributed by atoms with Gasteiger partial charge in [-0.3, -0.25) is 0 Å². The minimum Gasteiger partial charge on any atom is -0.494 e. The average molecular weight is 308 g/mol. The lowest BCUT2D eigenvalue weighted by molar-refractivity contribution is 0.385. The highest BCUT2D eigenvalue weighted by atomic mass is 35.5. The largest absolute Gasteiger partial charge is 0.494 e. The summed E-state index contributed by atoms with van der Waals surface area (Å²) in [6.45, 7) is 4.08. The molecule has 0 fully saturated rings. The summed E-state index contributed by atoms with van der Waals surface area (Å²) in [5.41, 5.74) is 2.02. The van der Waals surface area contributed by atoms with Crippen molar-refractivity contribution in [3.8, 4) is 5.75 Å². The van der Waals surface area contributed by atoms with Crippen molar-refractivity contribution >= 4 is 11.6 Å². The van der Waals surface area contributed by atoms with Crippen molar-refractivity contribution in [3.05, 3.63) is 64.4 Å². The van der Waals surface area contributed by atoms with E-state index >= 15 is 0 Å². The van der Waals surface area contributed by atoms with E-state index in [0.717, 1.165) is 16.1 Å². The lowest BCUT2D eigenvalue weighted by Crippen LogP contribution is -2.22. The molecule has 1 unspecified atom stereocenters. The summed E-state index contributed by atoms with van der Waals surface area (Å²) in [4.78, 5) is 0. The van der Waals surface area contributed by atoms with Gasteiger partial charge in [0.2, 0.25) is 0 Å². The highest BCUT2D eigenvalue weighted by Crippen LogP contribution is 2.24. The number of hydrogen-bond donors (Lipinski definition) is 1. The molecule has 0 saturated heterocycles. The molecule has 2 atom stereocenters. The van der Waals surface area contributed by atoms with Gasteiger partial charge in [-0.05, 0) is 49.2 Å². The molecule has 0 bridgehead atoms. The molecular weight excluding hydrogens is 289 g/mol. The van der Waals surface area contributed by atoms with E-state index in [-0.39, 0.29) is 23.7 Å². The number of benzene rings is 2. The molecule has 21 heavy (non-hydrogen) atoms. The Morgan fingerprint density at radius 3 is 2.14 bits per heavy atom. The molecule has 0 aliphatic heterocycles. The van der Waals surface area contributed by atoms with E-state index in [1.165, 1.54) is 13.2 Å². The van der Waals surface area contributed by atoms with Gasteiger partial charge in [-0.1, -0.05) is 29.8 Å². The van der Waals surface area contributed by atoms with Crippen LogP contribution in [0.4, 0.5) is 4.39 Å². The van der Waals surface area contributed by atoms with Gasteiger partial charge < -0.3 is 10.1 Å². The highest BCUT2D eigenvalue weighted by molar-refractivity contribution is 6.30. The summed E-state index contributed by atoms with van der Waals surface area (Å²) in [5, 5.41) is 4.16. The van der Waals surface area contributed by atoms with Gasteiger partial charge in [0.1, 0.15) is 0 Å². The van der Waals surface area contributed by atoms with E-state index in [2.05, 4.69) is 12.2 Å². The Hall–Kier alpha value is -1.58. The monoisotopic (exact) mass is 307 g/mol. The van der Waals surface area contributed by atoms with Crippen LogP contribution in [0, 0.1) is 5.82 Å². The maximum absolute atomic E-state index is 13.7. The molecule has 0 amide bonds. The second-order valence-corrected chi connectivity index (χ2v) is 5.49. The van der Waals surface area contributed by atoms with Gasteiger partial charge in [-0.2, -0.15) is 0 Å². The molecule has 2 nitrogen and oxygen atoms in total. The molecule has 4 heteroatoms. The van der Waals surface area contributed by atoms with Crippen LogP contribution in [0.1, 0.15) is 37.1 Å². The van der Waals surface area contributed by atoms with Gasteiger partial charge >= 0.3 is 0 Å². The summed E-state index contributed by atoms with van der Waals surface area (Å²) >= 11 is 5.89. The van der Waals surface area contributed by atoms with Gasteiger partial charge in [0.25, 0.3) is 0 Å². The Labute approximate surface area is 129 Å². The van der Waals surface area contributed by atoms with Crippen LogP contribution < -0.4 is 10.1 Å². The summed E-state index contributed by atoms with van der Waals surface area (Å²) in [6.07, 6.45) is 0. The molecule has 1 N–H and O–H groups in total. The van der Waals surface area contributed by atoms with Crippen LogP contribution in [0.2, 0.25) is 5.02 Å². The number of hydrogen-bond acceptors (Lipinski definition) is 2. The first-order chi connectivity index (χ1) is 10.0. The van der Waals surface area contributed by atoms with Gasteiger partial charge in [0, 0.05) is 17.1 Å². The van der Waals surface area contributed by atoms with Crippen LogP contribution in [0.5, 0.6) is 5.75 Å². The maximum atomic E-state index is 13.7. The Bertz CT molecular complexity index is 600. The summed E-state index contributed by atoms with van der Waals surface area (Å²) in [6, 6.07) is 12.9. The predicted octanol–water partition coefficient (Wildman–Crippen LogP) is 4.90. The van der Waals surface area contributed by atoms with Crippen LogP contribution in [0.15, 0.2) is 42.5 Å². The fourth-order valence-electron chi connectivity index (χ4n) is 2.27. The first-order valence-electron chi connectivity index (χ1n) is 6.86. The van der Waals surface area contributed by atoms with Crippen molar-refractivity contribution in [2.24, 2.45) is 0 Å². The van der Waals surface area contributed by atoms with E-state index in [1.807, 2.05) is 37.3 Å². The molecule has 0 saturated carbocycles. The number of nitrogens with one attached hydrogen (secondary N) is 1. The van der Waals surface area contributed by atoms with Gasteiger partial charge in [-0.15, -0.1) is 0 Å². The van der Waals surface area contributed by atoms with Crippen LogP contribution in [0.25, 0.3) is 0 Å². The van der Waals surface area contributed by atoms with E-state index in [1.54, 1.807) is 6.07 Å². The summed E-state index contributed by atoms with van der Waals surface area (Å²) in [7, 11) is 1.46. The highest BCUT2D eigenvalue weighted by Gasteiger charge is 2.13. The lowest BCUT2D eigenvalue weighted by atomic mass is 10.0. The third-order valence-corrected chi connectivity index (χ3v) is 3.80. The van der Waals surface area contributed by atoms with Crippen molar-refractivity contribution in [1.82, 2.24) is 5.32 Å². The van der Waals surface area contributed by atoms with Crippen molar-refractivity contribution in [2.45, 2.75) is 25.9 Å². The Kier molecular flexibility index (Phi) is 5.21. The molecule has 0 aliphatic rings. The lowest BCUT2D eigenvalue weighted by Gasteiger charge is -2.21. The normalized spacial score (nSPS) is 13.8. The van der Waals surface area contributed by atoms with Crippen LogP contribution in [-0.4, -0.2) is 7.11 Å². The minimum absolute atomic E-state index is 0.0242. The van der Waals surface area contributed by atoms with Gasteiger partial charge in [-0.25, -0.2) is 4.39 Å². The van der Waals surface area contributed by atoms with E-state index in [0.29, 0.717) is 0 Å². The van der Waals surface area contributed by atoms with Crippen molar-refractivity contribution < 1.29 is 9.13 Å². The third-order valence-electron chi connectivity index (χ3n) is 3.55. The minimum atomic E-state index is -0.345. The van der Waals surface area contributed by atoms with Crippen molar-refractivity contribution in [2.75, 3.05) is 7.11 Å². The maximum Gasteiger partial charge on any atom is 0.165 e. The van der Waals surface area contributed by atoms with Gasteiger partial charge in [0.15, 0.2) is 11.6 Å². The molecular formula is C17H19ClFNO. The van der Waals surface area contributed by atoms with E-state index in [9.17, 15) is 4.39 Å². The Morgan fingerprint density at radius 1 is 1.00 bits per heavy atom. The molecule has 112 valence electrons. The SMILES string of the molecule is COc1ccc(C(C)N[C@@H](C)c2ccc(Cl)cc2)cc1F. The number of ether oxygens (including phenoxy) is 1. The summed E-state index contributed by atoms with van der Waals surface area (Å²) < 4.78 is 18.7. The van der Waals surface area contributed by atoms with Crippen molar-refractivity contribution in [1.29, 1.82) is 0 Å².